The average Bonchev–Trinajstić information content (AvgIpc) is 2.30. The number of hydrogen-bond acceptors (Lipinski definition) is 3. The van der Waals surface area contributed by atoms with Crippen molar-refractivity contribution in [1.29, 1.82) is 0 Å². The molecule has 1 amide bonds. The van der Waals surface area contributed by atoms with Crippen molar-refractivity contribution in [2.24, 2.45) is 5.73 Å². The lowest BCUT2D eigenvalue weighted by Gasteiger charge is -2.01. The Labute approximate surface area is 93.2 Å². The Hall–Kier alpha value is -2.23. The summed E-state index contributed by atoms with van der Waals surface area (Å²) in [6, 6.07) is 7.53. The molecule has 16 heavy (non-hydrogen) atoms. The molecule has 2 aromatic rings. The Morgan fingerprint density at radius 3 is 2.56 bits per heavy atom. The van der Waals surface area contributed by atoms with Crippen molar-refractivity contribution >= 4 is 5.91 Å². The summed E-state index contributed by atoms with van der Waals surface area (Å²) in [5.41, 5.74) is 7.74. The normalized spacial score (nSPS) is 10.0. The number of rotatable bonds is 3. The fourth-order valence-corrected chi connectivity index (χ4v) is 1.41. The predicted octanol–water partition coefficient (Wildman–Crippen LogP) is 1.17. The van der Waals surface area contributed by atoms with Crippen LogP contribution in [0.15, 0.2) is 42.9 Å². The highest BCUT2D eigenvalue weighted by Crippen LogP contribution is 2.16. The van der Waals surface area contributed by atoms with Crippen molar-refractivity contribution in [2.45, 2.75) is 6.42 Å². The van der Waals surface area contributed by atoms with Crippen molar-refractivity contribution in [3.8, 4) is 11.1 Å². The summed E-state index contributed by atoms with van der Waals surface area (Å²) in [4.78, 5) is 18.9. The van der Waals surface area contributed by atoms with Gasteiger partial charge in [-0.05, 0) is 12.1 Å². The maximum atomic E-state index is 10.7. The highest BCUT2D eigenvalue weighted by atomic mass is 16.1. The Bertz CT molecular complexity index is 479. The van der Waals surface area contributed by atoms with Gasteiger partial charge in [0.05, 0.1) is 6.42 Å². The minimum atomic E-state index is -0.373. The first-order chi connectivity index (χ1) is 7.75. The van der Waals surface area contributed by atoms with E-state index in [1.807, 2.05) is 18.2 Å². The van der Waals surface area contributed by atoms with E-state index < -0.39 is 0 Å². The van der Waals surface area contributed by atoms with E-state index in [1.165, 1.54) is 0 Å². The summed E-state index contributed by atoms with van der Waals surface area (Å²) >= 11 is 0. The van der Waals surface area contributed by atoms with Crippen LogP contribution in [0, 0.1) is 0 Å². The monoisotopic (exact) mass is 213 g/mol. The molecule has 0 saturated carbocycles. The Kier molecular flexibility index (Phi) is 2.91. The molecule has 2 rings (SSSR count). The molecule has 0 aliphatic heterocycles. The second-order valence-corrected chi connectivity index (χ2v) is 3.42. The smallest absolute Gasteiger partial charge is 0.223 e. The van der Waals surface area contributed by atoms with E-state index in [4.69, 9.17) is 5.73 Å². The molecule has 0 unspecified atom stereocenters. The molecule has 2 N–H and O–H groups in total. The van der Waals surface area contributed by atoms with Crippen LogP contribution in [0.3, 0.4) is 0 Å². The summed E-state index contributed by atoms with van der Waals surface area (Å²) < 4.78 is 0. The van der Waals surface area contributed by atoms with Gasteiger partial charge in [0, 0.05) is 35.4 Å². The molecule has 0 fully saturated rings. The molecule has 0 spiro atoms. The largest absolute Gasteiger partial charge is 0.369 e. The first-order valence-corrected chi connectivity index (χ1v) is 4.89. The Balaban J connectivity index is 2.23. The van der Waals surface area contributed by atoms with Crippen LogP contribution >= 0.6 is 0 Å². The lowest BCUT2D eigenvalue weighted by molar-refractivity contribution is -0.117. The first kappa shape index (κ1) is 10.3. The average molecular weight is 213 g/mol. The zero-order valence-corrected chi connectivity index (χ0v) is 8.63. The van der Waals surface area contributed by atoms with Crippen LogP contribution in [0.5, 0.6) is 0 Å². The van der Waals surface area contributed by atoms with Crippen LogP contribution in [0.25, 0.3) is 11.1 Å². The van der Waals surface area contributed by atoms with E-state index in [9.17, 15) is 4.79 Å². The molecular weight excluding hydrogens is 202 g/mol. The molecule has 0 aliphatic carbocycles. The number of primary amides is 1. The quantitative estimate of drug-likeness (QED) is 0.832. The fraction of sp³-hybridized carbons (Fsp3) is 0.0833. The van der Waals surface area contributed by atoms with Crippen LogP contribution < -0.4 is 5.73 Å². The van der Waals surface area contributed by atoms with Crippen molar-refractivity contribution < 1.29 is 4.79 Å². The van der Waals surface area contributed by atoms with E-state index in [1.54, 1.807) is 24.7 Å². The van der Waals surface area contributed by atoms with Gasteiger partial charge in [-0.1, -0.05) is 12.1 Å². The SMILES string of the molecule is NC(=O)Cc1ccc(-c2cccnc2)cn1. The van der Waals surface area contributed by atoms with Gasteiger partial charge in [-0.3, -0.25) is 14.8 Å². The number of nitrogens with two attached hydrogens (primary N) is 1. The van der Waals surface area contributed by atoms with Crippen molar-refractivity contribution in [3.05, 3.63) is 48.5 Å². The van der Waals surface area contributed by atoms with Crippen LogP contribution in [0.1, 0.15) is 5.69 Å². The molecule has 0 aliphatic rings. The Morgan fingerprint density at radius 2 is 2.00 bits per heavy atom. The number of aromatic nitrogens is 2. The lowest BCUT2D eigenvalue weighted by Crippen LogP contribution is -2.14. The van der Waals surface area contributed by atoms with Crippen LogP contribution in [0.2, 0.25) is 0 Å². The van der Waals surface area contributed by atoms with E-state index in [0.717, 1.165) is 11.1 Å². The van der Waals surface area contributed by atoms with Gasteiger partial charge in [-0.25, -0.2) is 0 Å². The van der Waals surface area contributed by atoms with E-state index in [0.29, 0.717) is 5.69 Å². The number of carbonyl (C=O) groups is 1. The minimum absolute atomic E-state index is 0.174. The molecule has 4 heteroatoms. The number of nitrogens with zero attached hydrogens (tertiary/aromatic N) is 2. The standard InChI is InChI=1S/C12H11N3O/c13-12(16)6-11-4-3-10(8-15-11)9-2-1-5-14-7-9/h1-5,7-8H,6H2,(H2,13,16). The molecule has 80 valence electrons. The second kappa shape index (κ2) is 4.53. The van der Waals surface area contributed by atoms with E-state index in [-0.39, 0.29) is 12.3 Å². The van der Waals surface area contributed by atoms with Gasteiger partial charge in [0.25, 0.3) is 0 Å². The van der Waals surface area contributed by atoms with Crippen LogP contribution in [0.4, 0.5) is 0 Å². The molecule has 0 atom stereocenters. The van der Waals surface area contributed by atoms with Gasteiger partial charge in [0.2, 0.25) is 5.91 Å². The third kappa shape index (κ3) is 2.42. The molecule has 0 bridgehead atoms. The van der Waals surface area contributed by atoms with Gasteiger partial charge < -0.3 is 5.73 Å². The topological polar surface area (TPSA) is 68.9 Å². The van der Waals surface area contributed by atoms with Gasteiger partial charge >= 0.3 is 0 Å². The lowest BCUT2D eigenvalue weighted by atomic mass is 10.1. The van der Waals surface area contributed by atoms with Gasteiger partial charge in [-0.15, -0.1) is 0 Å². The molecule has 4 nitrogen and oxygen atoms in total. The third-order valence-corrected chi connectivity index (χ3v) is 2.17. The predicted molar refractivity (Wildman–Crippen MR) is 60.4 cm³/mol. The number of carbonyl (C=O) groups excluding carboxylic acids is 1. The van der Waals surface area contributed by atoms with Crippen molar-refractivity contribution in [2.75, 3.05) is 0 Å². The molecule has 2 heterocycles. The summed E-state index contributed by atoms with van der Waals surface area (Å²) in [5, 5.41) is 0. The summed E-state index contributed by atoms with van der Waals surface area (Å²) in [5.74, 6) is -0.373. The highest BCUT2D eigenvalue weighted by Gasteiger charge is 2.01. The summed E-state index contributed by atoms with van der Waals surface area (Å²) in [7, 11) is 0. The van der Waals surface area contributed by atoms with Gasteiger partial charge in [-0.2, -0.15) is 0 Å². The highest BCUT2D eigenvalue weighted by molar-refractivity contribution is 5.76. The molecule has 0 saturated heterocycles. The van der Waals surface area contributed by atoms with Crippen LogP contribution in [-0.4, -0.2) is 15.9 Å². The summed E-state index contributed by atoms with van der Waals surface area (Å²) in [6.45, 7) is 0. The molecule has 0 radical (unpaired) electrons. The zero-order valence-electron chi connectivity index (χ0n) is 8.63. The first-order valence-electron chi connectivity index (χ1n) is 4.89. The van der Waals surface area contributed by atoms with Gasteiger partial charge in [0.1, 0.15) is 0 Å². The Morgan fingerprint density at radius 1 is 1.19 bits per heavy atom. The third-order valence-electron chi connectivity index (χ3n) is 2.17. The van der Waals surface area contributed by atoms with E-state index in [2.05, 4.69) is 9.97 Å². The van der Waals surface area contributed by atoms with Gasteiger partial charge in [0.15, 0.2) is 0 Å². The van der Waals surface area contributed by atoms with Crippen LogP contribution in [-0.2, 0) is 11.2 Å². The second-order valence-electron chi connectivity index (χ2n) is 3.42. The maximum Gasteiger partial charge on any atom is 0.223 e. The fourth-order valence-electron chi connectivity index (χ4n) is 1.41. The molecule has 0 aromatic carbocycles. The maximum absolute atomic E-state index is 10.7. The number of pyridine rings is 2. The van der Waals surface area contributed by atoms with Crippen molar-refractivity contribution in [3.63, 3.8) is 0 Å². The minimum Gasteiger partial charge on any atom is -0.369 e. The number of amides is 1. The molecule has 2 aromatic heterocycles. The number of hydrogen-bond donors (Lipinski definition) is 1. The molecular formula is C12H11N3O. The van der Waals surface area contributed by atoms with Crippen molar-refractivity contribution in [1.82, 2.24) is 9.97 Å². The zero-order chi connectivity index (χ0) is 11.4. The summed E-state index contributed by atoms with van der Waals surface area (Å²) in [6.07, 6.45) is 5.38. The van der Waals surface area contributed by atoms with E-state index >= 15 is 0 Å².